The molecule has 1 spiro atoms. The molecule has 0 radical (unpaired) electrons. The van der Waals surface area contributed by atoms with Crippen LogP contribution in [0.4, 0.5) is 5.69 Å². The Balaban J connectivity index is 1.80. The number of fused-ring (bicyclic) bond motifs is 4. The predicted molar refractivity (Wildman–Crippen MR) is 108 cm³/mol. The highest BCUT2D eigenvalue weighted by Gasteiger charge is 2.52. The highest BCUT2D eigenvalue weighted by molar-refractivity contribution is 7.19. The molecule has 5 rings (SSSR count). The highest BCUT2D eigenvalue weighted by atomic mass is 32.1. The molecule has 3 heterocycles. The van der Waals surface area contributed by atoms with Crippen molar-refractivity contribution in [2.75, 3.05) is 4.90 Å². The van der Waals surface area contributed by atoms with Crippen LogP contribution in [0.15, 0.2) is 36.5 Å². The van der Waals surface area contributed by atoms with Crippen molar-refractivity contribution in [3.8, 4) is 0 Å². The molecule has 1 aliphatic carbocycles. The third-order valence-corrected chi connectivity index (χ3v) is 7.80. The smallest absolute Gasteiger partial charge is 0.0692 e. The summed E-state index contributed by atoms with van der Waals surface area (Å²) in [4.78, 5) is 4.39. The average molecular weight is 351 g/mol. The maximum absolute atomic E-state index is 2.79. The second kappa shape index (κ2) is 5.38. The topological polar surface area (TPSA) is 8.17 Å². The van der Waals surface area contributed by atoms with E-state index in [0.717, 1.165) is 0 Å². The summed E-state index contributed by atoms with van der Waals surface area (Å²) in [6, 6.07) is 11.7. The van der Waals surface area contributed by atoms with Crippen molar-refractivity contribution in [2.45, 2.75) is 57.5 Å². The molecule has 2 nitrogen and oxygen atoms in total. The van der Waals surface area contributed by atoms with Crippen LogP contribution in [-0.4, -0.2) is 4.57 Å². The zero-order valence-electron chi connectivity index (χ0n) is 15.4. The van der Waals surface area contributed by atoms with Gasteiger partial charge in [0.1, 0.15) is 0 Å². The highest BCUT2D eigenvalue weighted by Crippen LogP contribution is 2.59. The minimum Gasteiger partial charge on any atom is -0.354 e. The SMILES string of the molecule is Cc1ccccc1N1C(C)c2sc3ccn(C)c3c2C12CCCCC2. The predicted octanol–water partition coefficient (Wildman–Crippen LogP) is 6.29. The lowest BCUT2D eigenvalue weighted by Crippen LogP contribution is -2.44. The first-order chi connectivity index (χ1) is 12.1. The first-order valence-electron chi connectivity index (χ1n) is 9.57. The molecule has 1 saturated carbocycles. The van der Waals surface area contributed by atoms with Gasteiger partial charge in [0.15, 0.2) is 0 Å². The van der Waals surface area contributed by atoms with Gasteiger partial charge in [-0.1, -0.05) is 37.5 Å². The van der Waals surface area contributed by atoms with Gasteiger partial charge in [-0.3, -0.25) is 0 Å². The Morgan fingerprint density at radius 3 is 2.60 bits per heavy atom. The van der Waals surface area contributed by atoms with E-state index in [1.807, 2.05) is 11.3 Å². The Morgan fingerprint density at radius 1 is 1.08 bits per heavy atom. The van der Waals surface area contributed by atoms with Gasteiger partial charge in [-0.15, -0.1) is 11.3 Å². The Kier molecular flexibility index (Phi) is 3.34. The monoisotopic (exact) mass is 350 g/mol. The number of para-hydroxylation sites is 1. The number of anilines is 1. The van der Waals surface area contributed by atoms with Crippen LogP contribution in [0.5, 0.6) is 0 Å². The van der Waals surface area contributed by atoms with E-state index in [4.69, 9.17) is 0 Å². The van der Waals surface area contributed by atoms with Crippen molar-refractivity contribution in [3.05, 3.63) is 52.5 Å². The number of aromatic nitrogens is 1. The van der Waals surface area contributed by atoms with Crippen LogP contribution >= 0.6 is 11.3 Å². The van der Waals surface area contributed by atoms with Gasteiger partial charge in [0.05, 0.1) is 21.8 Å². The Bertz CT molecular complexity index is 942. The lowest BCUT2D eigenvalue weighted by atomic mass is 9.76. The van der Waals surface area contributed by atoms with Gasteiger partial charge in [0.2, 0.25) is 0 Å². The summed E-state index contributed by atoms with van der Waals surface area (Å²) in [5.41, 5.74) is 6.16. The number of thiophene rings is 1. The quantitative estimate of drug-likeness (QED) is 0.501. The van der Waals surface area contributed by atoms with E-state index < -0.39 is 0 Å². The van der Waals surface area contributed by atoms with Crippen molar-refractivity contribution in [1.29, 1.82) is 0 Å². The number of benzene rings is 1. The van der Waals surface area contributed by atoms with Crippen molar-refractivity contribution in [3.63, 3.8) is 0 Å². The molecule has 1 unspecified atom stereocenters. The van der Waals surface area contributed by atoms with Gasteiger partial charge in [-0.05, 0) is 44.4 Å². The second-order valence-electron chi connectivity index (χ2n) is 7.91. The van der Waals surface area contributed by atoms with Gasteiger partial charge in [-0.2, -0.15) is 0 Å². The molecule has 130 valence electrons. The van der Waals surface area contributed by atoms with E-state index in [9.17, 15) is 0 Å². The number of hydrogen-bond acceptors (Lipinski definition) is 2. The Hall–Kier alpha value is -1.74. The first kappa shape index (κ1) is 15.5. The van der Waals surface area contributed by atoms with E-state index in [0.29, 0.717) is 6.04 Å². The van der Waals surface area contributed by atoms with Crippen LogP contribution in [0.3, 0.4) is 0 Å². The number of rotatable bonds is 1. The lowest BCUT2D eigenvalue weighted by molar-refractivity contribution is 0.285. The summed E-state index contributed by atoms with van der Waals surface area (Å²) >= 11 is 2.02. The normalized spacial score (nSPS) is 22.0. The molecule has 3 aromatic rings. The molecular weight excluding hydrogens is 324 g/mol. The summed E-state index contributed by atoms with van der Waals surface area (Å²) in [6.45, 7) is 4.69. The molecule has 2 aliphatic rings. The minimum absolute atomic E-state index is 0.184. The fourth-order valence-corrected chi connectivity index (χ4v) is 6.80. The van der Waals surface area contributed by atoms with Crippen molar-refractivity contribution in [1.82, 2.24) is 4.57 Å². The Labute approximate surface area is 154 Å². The average Bonchev–Trinajstić information content (AvgIpc) is 3.23. The molecule has 0 bridgehead atoms. The standard InChI is InChI=1S/C22H26N2S/c1-15-9-5-6-10-17(15)24-16(2)21-19(22(24)12-7-4-8-13-22)20-18(25-21)11-14-23(20)3/h5-6,9-11,14,16H,4,7-8,12-13H2,1-3H3. The van der Waals surface area contributed by atoms with Gasteiger partial charge < -0.3 is 9.47 Å². The maximum Gasteiger partial charge on any atom is 0.0692 e. The van der Waals surface area contributed by atoms with Gasteiger partial charge in [0, 0.05) is 29.4 Å². The van der Waals surface area contributed by atoms with Crippen LogP contribution in [0.2, 0.25) is 0 Å². The van der Waals surface area contributed by atoms with E-state index >= 15 is 0 Å². The van der Waals surface area contributed by atoms with Gasteiger partial charge in [-0.25, -0.2) is 0 Å². The van der Waals surface area contributed by atoms with E-state index in [-0.39, 0.29) is 5.54 Å². The van der Waals surface area contributed by atoms with Crippen molar-refractivity contribution >= 4 is 27.2 Å². The summed E-state index contributed by atoms with van der Waals surface area (Å²) in [7, 11) is 2.22. The van der Waals surface area contributed by atoms with Gasteiger partial charge in [0.25, 0.3) is 0 Å². The Morgan fingerprint density at radius 2 is 1.84 bits per heavy atom. The molecule has 1 aromatic carbocycles. The van der Waals surface area contributed by atoms with Crippen LogP contribution in [0.25, 0.3) is 10.2 Å². The largest absolute Gasteiger partial charge is 0.354 e. The number of hydrogen-bond donors (Lipinski definition) is 0. The van der Waals surface area contributed by atoms with E-state index in [1.165, 1.54) is 53.6 Å². The fourth-order valence-electron chi connectivity index (χ4n) is 5.43. The summed E-state index contributed by atoms with van der Waals surface area (Å²) in [5.74, 6) is 0. The minimum atomic E-state index is 0.184. The number of nitrogens with zero attached hydrogens (tertiary/aromatic N) is 2. The molecule has 0 saturated heterocycles. The molecule has 25 heavy (non-hydrogen) atoms. The zero-order chi connectivity index (χ0) is 17.2. The fraction of sp³-hybridized carbons (Fsp3) is 0.455. The van der Waals surface area contributed by atoms with Gasteiger partial charge >= 0.3 is 0 Å². The molecular formula is C22H26N2S. The second-order valence-corrected chi connectivity index (χ2v) is 8.99. The summed E-state index contributed by atoms with van der Waals surface area (Å²) in [5, 5.41) is 0. The molecule has 0 amide bonds. The molecule has 3 heteroatoms. The molecule has 1 fully saturated rings. The molecule has 2 aromatic heterocycles. The van der Waals surface area contributed by atoms with Crippen LogP contribution in [0, 0.1) is 6.92 Å². The molecule has 1 aliphatic heterocycles. The molecule has 1 atom stereocenters. The van der Waals surface area contributed by atoms with Crippen molar-refractivity contribution in [2.24, 2.45) is 7.05 Å². The molecule has 0 N–H and O–H groups in total. The lowest BCUT2D eigenvalue weighted by Gasteiger charge is -2.46. The van der Waals surface area contributed by atoms with E-state index in [1.54, 1.807) is 10.4 Å². The zero-order valence-corrected chi connectivity index (χ0v) is 16.2. The van der Waals surface area contributed by atoms with Crippen LogP contribution < -0.4 is 4.90 Å². The van der Waals surface area contributed by atoms with Crippen molar-refractivity contribution < 1.29 is 0 Å². The summed E-state index contributed by atoms with van der Waals surface area (Å²) < 4.78 is 3.82. The van der Waals surface area contributed by atoms with Crippen LogP contribution in [0.1, 0.15) is 61.1 Å². The third-order valence-electron chi connectivity index (χ3n) is 6.49. The third kappa shape index (κ3) is 1.96. The summed E-state index contributed by atoms with van der Waals surface area (Å²) in [6.07, 6.45) is 8.88. The maximum atomic E-state index is 2.79. The number of aryl methyl sites for hydroxylation is 2. The van der Waals surface area contributed by atoms with Crippen LogP contribution in [-0.2, 0) is 12.6 Å². The first-order valence-corrected chi connectivity index (χ1v) is 10.4. The van der Waals surface area contributed by atoms with E-state index in [2.05, 4.69) is 66.9 Å².